The second kappa shape index (κ2) is 10.5. The molecule has 0 aliphatic carbocycles. The molecule has 0 bridgehead atoms. The van der Waals surface area contributed by atoms with Crippen LogP contribution in [-0.4, -0.2) is 36.5 Å². The molecule has 1 atom stereocenters. The van der Waals surface area contributed by atoms with E-state index >= 15 is 0 Å². The molecule has 152 valence electrons. The number of rotatable bonds is 6. The van der Waals surface area contributed by atoms with Crippen molar-refractivity contribution in [2.45, 2.75) is 39.3 Å². The zero-order valence-corrected chi connectivity index (χ0v) is 17.7. The summed E-state index contributed by atoms with van der Waals surface area (Å²) in [6.07, 6.45) is 2.00. The third kappa shape index (κ3) is 5.49. The van der Waals surface area contributed by atoms with E-state index in [1.807, 2.05) is 23.1 Å². The van der Waals surface area contributed by atoms with Crippen LogP contribution in [0.1, 0.15) is 42.6 Å². The number of halogens is 1. The van der Waals surface area contributed by atoms with Crippen molar-refractivity contribution in [2.24, 2.45) is 11.7 Å². The molecule has 5 heteroatoms. The van der Waals surface area contributed by atoms with Gasteiger partial charge >= 0.3 is 0 Å². The number of carbonyl (C=O) groups is 1. The summed E-state index contributed by atoms with van der Waals surface area (Å²) < 4.78 is 0. The molecule has 2 aromatic rings. The molecule has 0 radical (unpaired) electrons. The van der Waals surface area contributed by atoms with Crippen molar-refractivity contribution in [2.75, 3.05) is 24.5 Å². The Morgan fingerprint density at radius 2 is 1.71 bits per heavy atom. The molecule has 1 amide bonds. The minimum Gasteiger partial charge on any atom is -0.367 e. The number of nitrogens with two attached hydrogens (primary N) is 1. The van der Waals surface area contributed by atoms with Gasteiger partial charge in [-0.2, -0.15) is 0 Å². The normalized spacial score (nSPS) is 15.6. The monoisotopic (exact) mass is 401 g/mol. The highest BCUT2D eigenvalue weighted by molar-refractivity contribution is 5.94. The minimum absolute atomic E-state index is 0. The van der Waals surface area contributed by atoms with Gasteiger partial charge in [-0.05, 0) is 62.4 Å². The first-order valence-electron chi connectivity index (χ1n) is 10.0. The fourth-order valence-electron chi connectivity index (χ4n) is 3.82. The number of hydrogen-bond donors (Lipinski definition) is 1. The van der Waals surface area contributed by atoms with E-state index in [4.69, 9.17) is 5.73 Å². The molecule has 1 aliphatic heterocycles. The summed E-state index contributed by atoms with van der Waals surface area (Å²) in [7, 11) is 0. The van der Waals surface area contributed by atoms with Crippen LogP contribution >= 0.6 is 12.4 Å². The predicted molar refractivity (Wildman–Crippen MR) is 119 cm³/mol. The lowest BCUT2D eigenvalue weighted by Crippen LogP contribution is -2.42. The number of piperidine rings is 1. The Hall–Kier alpha value is -2.04. The van der Waals surface area contributed by atoms with Crippen LogP contribution < -0.4 is 10.6 Å². The van der Waals surface area contributed by atoms with Gasteiger partial charge in [-0.25, -0.2) is 0 Å². The standard InChI is InChI=1S/C23H31N3O.ClH/c1-3-25(17-19-7-5-4-6-8-19)22-11-9-21(10-12-22)23(27)26-15-13-20(14-16-26)18(2)24;/h4-12,18,20H,3,13-17,24H2,1-2H3;1H. The summed E-state index contributed by atoms with van der Waals surface area (Å²) in [5.74, 6) is 0.670. The van der Waals surface area contributed by atoms with Gasteiger partial charge in [0, 0.05) is 43.5 Å². The SMILES string of the molecule is CCN(Cc1ccccc1)c1ccc(C(=O)N2CCC(C(C)N)CC2)cc1.Cl. The lowest BCUT2D eigenvalue weighted by Gasteiger charge is -2.33. The summed E-state index contributed by atoms with van der Waals surface area (Å²) in [6, 6.07) is 18.7. The van der Waals surface area contributed by atoms with Gasteiger partial charge in [-0.1, -0.05) is 30.3 Å². The minimum atomic E-state index is 0. The Morgan fingerprint density at radius 1 is 1.11 bits per heavy atom. The first-order chi connectivity index (χ1) is 13.1. The van der Waals surface area contributed by atoms with Crippen LogP contribution in [0, 0.1) is 5.92 Å². The molecule has 2 N–H and O–H groups in total. The molecule has 4 nitrogen and oxygen atoms in total. The van der Waals surface area contributed by atoms with E-state index in [2.05, 4.69) is 55.1 Å². The molecule has 2 aromatic carbocycles. The molecule has 3 rings (SSSR count). The Labute approximate surface area is 175 Å². The Bertz CT molecular complexity index is 725. The van der Waals surface area contributed by atoms with Crippen molar-refractivity contribution in [3.63, 3.8) is 0 Å². The molecule has 1 unspecified atom stereocenters. The molecule has 28 heavy (non-hydrogen) atoms. The van der Waals surface area contributed by atoms with Crippen LogP contribution in [0.25, 0.3) is 0 Å². The number of benzene rings is 2. The van der Waals surface area contributed by atoms with Crippen molar-refractivity contribution in [1.82, 2.24) is 4.90 Å². The molecular weight excluding hydrogens is 370 g/mol. The van der Waals surface area contributed by atoms with Gasteiger partial charge in [0.05, 0.1) is 0 Å². The smallest absolute Gasteiger partial charge is 0.253 e. The number of hydrogen-bond acceptors (Lipinski definition) is 3. The maximum atomic E-state index is 12.8. The fraction of sp³-hybridized carbons (Fsp3) is 0.435. The van der Waals surface area contributed by atoms with E-state index in [0.29, 0.717) is 5.92 Å². The number of anilines is 1. The van der Waals surface area contributed by atoms with Gasteiger partial charge in [-0.3, -0.25) is 4.79 Å². The zero-order valence-electron chi connectivity index (χ0n) is 16.9. The summed E-state index contributed by atoms with van der Waals surface area (Å²) in [5.41, 5.74) is 9.21. The van der Waals surface area contributed by atoms with Gasteiger partial charge in [0.1, 0.15) is 0 Å². The van der Waals surface area contributed by atoms with E-state index in [-0.39, 0.29) is 24.4 Å². The van der Waals surface area contributed by atoms with Gasteiger partial charge in [0.2, 0.25) is 0 Å². The molecule has 1 fully saturated rings. The molecule has 0 spiro atoms. The van der Waals surface area contributed by atoms with E-state index < -0.39 is 0 Å². The van der Waals surface area contributed by atoms with Gasteiger partial charge in [0.25, 0.3) is 5.91 Å². The van der Waals surface area contributed by atoms with Crippen molar-refractivity contribution in [1.29, 1.82) is 0 Å². The van der Waals surface area contributed by atoms with Crippen LogP contribution in [0.3, 0.4) is 0 Å². The molecule has 1 heterocycles. The molecular formula is C23H32ClN3O. The number of amides is 1. The third-order valence-corrected chi connectivity index (χ3v) is 5.65. The number of likely N-dealkylation sites (tertiary alicyclic amines) is 1. The van der Waals surface area contributed by atoms with Crippen LogP contribution in [0.2, 0.25) is 0 Å². The van der Waals surface area contributed by atoms with Gasteiger partial charge in [0.15, 0.2) is 0 Å². The first kappa shape index (κ1) is 22.3. The average Bonchev–Trinajstić information content (AvgIpc) is 2.72. The lowest BCUT2D eigenvalue weighted by molar-refractivity contribution is 0.0681. The van der Waals surface area contributed by atoms with Crippen LogP contribution in [0.15, 0.2) is 54.6 Å². The van der Waals surface area contributed by atoms with Crippen LogP contribution in [0.4, 0.5) is 5.69 Å². The topological polar surface area (TPSA) is 49.6 Å². The average molecular weight is 402 g/mol. The summed E-state index contributed by atoms with van der Waals surface area (Å²) in [4.78, 5) is 17.1. The zero-order chi connectivity index (χ0) is 19.2. The number of nitrogens with zero attached hydrogens (tertiary/aromatic N) is 2. The lowest BCUT2D eigenvalue weighted by atomic mass is 9.90. The highest BCUT2D eigenvalue weighted by Crippen LogP contribution is 2.23. The molecule has 1 aliphatic rings. The van der Waals surface area contributed by atoms with E-state index in [0.717, 1.165) is 50.3 Å². The van der Waals surface area contributed by atoms with E-state index in [1.165, 1.54) is 5.56 Å². The Balaban J connectivity index is 0.00000280. The number of carbonyl (C=O) groups excluding carboxylic acids is 1. The summed E-state index contributed by atoms with van der Waals surface area (Å²) in [6.45, 7) is 7.63. The van der Waals surface area contributed by atoms with Gasteiger partial charge < -0.3 is 15.5 Å². The maximum Gasteiger partial charge on any atom is 0.253 e. The Kier molecular flexibility index (Phi) is 8.34. The summed E-state index contributed by atoms with van der Waals surface area (Å²) in [5, 5.41) is 0. The van der Waals surface area contributed by atoms with Crippen LogP contribution in [0.5, 0.6) is 0 Å². The second-order valence-electron chi connectivity index (χ2n) is 7.54. The van der Waals surface area contributed by atoms with E-state index in [1.54, 1.807) is 0 Å². The predicted octanol–water partition coefficient (Wildman–Crippen LogP) is 4.33. The van der Waals surface area contributed by atoms with Crippen molar-refractivity contribution in [3.8, 4) is 0 Å². The molecule has 0 saturated carbocycles. The highest BCUT2D eigenvalue weighted by atomic mass is 35.5. The highest BCUT2D eigenvalue weighted by Gasteiger charge is 2.25. The largest absolute Gasteiger partial charge is 0.367 e. The van der Waals surface area contributed by atoms with Crippen molar-refractivity contribution >= 4 is 24.0 Å². The quantitative estimate of drug-likeness (QED) is 0.783. The van der Waals surface area contributed by atoms with Crippen molar-refractivity contribution in [3.05, 3.63) is 65.7 Å². The van der Waals surface area contributed by atoms with Crippen molar-refractivity contribution < 1.29 is 4.79 Å². The molecule has 0 aromatic heterocycles. The third-order valence-electron chi connectivity index (χ3n) is 5.65. The van der Waals surface area contributed by atoms with Crippen LogP contribution in [-0.2, 0) is 6.54 Å². The molecule has 1 saturated heterocycles. The van der Waals surface area contributed by atoms with E-state index in [9.17, 15) is 4.79 Å². The summed E-state index contributed by atoms with van der Waals surface area (Å²) >= 11 is 0. The van der Waals surface area contributed by atoms with Gasteiger partial charge in [-0.15, -0.1) is 12.4 Å². The fourth-order valence-corrected chi connectivity index (χ4v) is 3.82. The Morgan fingerprint density at radius 3 is 2.25 bits per heavy atom. The first-order valence-corrected chi connectivity index (χ1v) is 10.0. The maximum absolute atomic E-state index is 12.8. The second-order valence-corrected chi connectivity index (χ2v) is 7.54.